The van der Waals surface area contributed by atoms with Crippen molar-refractivity contribution in [2.45, 2.75) is 31.7 Å². The molecule has 1 aromatic heterocycles. The van der Waals surface area contributed by atoms with Gasteiger partial charge in [-0.25, -0.2) is 17.9 Å². The normalized spacial score (nSPS) is 11.5. The van der Waals surface area contributed by atoms with Gasteiger partial charge in [0.15, 0.2) is 0 Å². The number of anilines is 1. The number of rotatable bonds is 5. The molecule has 0 saturated heterocycles. The van der Waals surface area contributed by atoms with Crippen molar-refractivity contribution in [3.8, 4) is 0 Å². The number of nitrogens with zero attached hydrogens (tertiary/aromatic N) is 1. The average molecular weight is 463 g/mol. The van der Waals surface area contributed by atoms with Crippen LogP contribution in [0, 0.1) is 6.92 Å². The highest BCUT2D eigenvalue weighted by Gasteiger charge is 2.19. The molecule has 3 N–H and O–H groups in total. The van der Waals surface area contributed by atoms with Crippen LogP contribution in [0.1, 0.15) is 29.9 Å². The number of halogens is 1. The molecule has 0 aliphatic rings. The maximum absolute atomic E-state index is 12.8. The third-order valence-electron chi connectivity index (χ3n) is 4.66. The summed E-state index contributed by atoms with van der Waals surface area (Å²) in [5, 5.41) is 6.56. The number of nitrogens with one attached hydrogen (secondary N) is 3. The number of sulfonamides is 1. The molecule has 2 aromatic carbocycles. The lowest BCUT2D eigenvalue weighted by Gasteiger charge is -2.11. The Bertz CT molecular complexity index is 1260. The van der Waals surface area contributed by atoms with Crippen molar-refractivity contribution < 1.29 is 18.0 Å². The van der Waals surface area contributed by atoms with E-state index in [0.717, 1.165) is 16.5 Å². The number of aryl methyl sites for hydroxylation is 2. The molecular formula is C21H23ClN4O4S. The second-order valence-electron chi connectivity index (χ2n) is 7.43. The first-order valence-electron chi connectivity index (χ1n) is 9.49. The van der Waals surface area contributed by atoms with Crippen LogP contribution in [-0.4, -0.2) is 31.0 Å². The molecule has 0 spiro atoms. The zero-order valence-corrected chi connectivity index (χ0v) is 19.1. The summed E-state index contributed by atoms with van der Waals surface area (Å²) in [4.78, 5) is 24.4. The van der Waals surface area contributed by atoms with Crippen molar-refractivity contribution in [2.75, 3.05) is 5.32 Å². The molecule has 3 amide bonds. The second kappa shape index (κ2) is 8.60. The molecule has 3 rings (SSSR count). The molecule has 0 unspecified atom stereocenters. The maximum atomic E-state index is 12.8. The number of carbonyl (C=O) groups is 2. The van der Waals surface area contributed by atoms with E-state index in [0.29, 0.717) is 16.4 Å². The van der Waals surface area contributed by atoms with E-state index < -0.39 is 16.1 Å². The van der Waals surface area contributed by atoms with E-state index in [1.807, 2.05) is 23.8 Å². The Morgan fingerprint density at radius 2 is 1.71 bits per heavy atom. The minimum absolute atomic E-state index is 0.101. The van der Waals surface area contributed by atoms with Crippen molar-refractivity contribution in [3.05, 3.63) is 58.7 Å². The van der Waals surface area contributed by atoms with E-state index in [1.54, 1.807) is 31.5 Å². The van der Waals surface area contributed by atoms with Crippen LogP contribution in [0.4, 0.5) is 10.5 Å². The van der Waals surface area contributed by atoms with Gasteiger partial charge in [0, 0.05) is 29.7 Å². The van der Waals surface area contributed by atoms with Crippen LogP contribution >= 0.6 is 11.6 Å². The van der Waals surface area contributed by atoms with Crippen LogP contribution in [0.3, 0.4) is 0 Å². The van der Waals surface area contributed by atoms with Gasteiger partial charge in [-0.2, -0.15) is 0 Å². The number of hydrogen-bond donors (Lipinski definition) is 3. The topological polar surface area (TPSA) is 109 Å². The fraction of sp³-hybridized carbons (Fsp3) is 0.238. The van der Waals surface area contributed by atoms with Crippen molar-refractivity contribution in [3.63, 3.8) is 0 Å². The molecule has 0 atom stereocenters. The van der Waals surface area contributed by atoms with Gasteiger partial charge < -0.3 is 15.2 Å². The number of aromatic nitrogens is 1. The molecule has 0 saturated carbocycles. The number of benzene rings is 2. The Morgan fingerprint density at radius 3 is 2.32 bits per heavy atom. The van der Waals surface area contributed by atoms with Crippen molar-refractivity contribution >= 4 is 50.2 Å². The van der Waals surface area contributed by atoms with Crippen LogP contribution in [0.25, 0.3) is 10.9 Å². The number of urea groups is 1. The Morgan fingerprint density at radius 1 is 1.06 bits per heavy atom. The van der Waals surface area contributed by atoms with Crippen molar-refractivity contribution in [1.29, 1.82) is 0 Å². The quantitative estimate of drug-likeness (QED) is 0.535. The molecule has 10 heteroatoms. The van der Waals surface area contributed by atoms with Gasteiger partial charge in [-0.15, -0.1) is 0 Å². The number of amides is 3. The zero-order chi connectivity index (χ0) is 22.9. The first-order valence-corrected chi connectivity index (χ1v) is 11.3. The summed E-state index contributed by atoms with van der Waals surface area (Å²) in [7, 11) is -2.26. The van der Waals surface area contributed by atoms with Gasteiger partial charge in [-0.05, 0) is 62.7 Å². The van der Waals surface area contributed by atoms with Crippen LogP contribution in [0.15, 0.2) is 47.4 Å². The number of fused-ring (bicyclic) bond motifs is 1. The smallest absolute Gasteiger partial charge is 0.328 e. The highest BCUT2D eigenvalue weighted by atomic mass is 35.5. The monoisotopic (exact) mass is 462 g/mol. The first-order chi connectivity index (χ1) is 14.5. The van der Waals surface area contributed by atoms with E-state index in [9.17, 15) is 18.0 Å². The van der Waals surface area contributed by atoms with Gasteiger partial charge in [0.05, 0.1) is 9.92 Å². The molecule has 0 fully saturated rings. The number of carbonyl (C=O) groups excluding carboxylic acids is 2. The molecule has 31 heavy (non-hydrogen) atoms. The predicted molar refractivity (Wildman–Crippen MR) is 121 cm³/mol. The Balaban J connectivity index is 1.78. The Kier molecular flexibility index (Phi) is 6.28. The van der Waals surface area contributed by atoms with Crippen LogP contribution in [-0.2, 0) is 17.1 Å². The fourth-order valence-electron chi connectivity index (χ4n) is 3.09. The summed E-state index contributed by atoms with van der Waals surface area (Å²) in [5.41, 5.74) is 2.56. The van der Waals surface area contributed by atoms with Gasteiger partial charge in [0.2, 0.25) is 0 Å². The van der Waals surface area contributed by atoms with E-state index in [2.05, 4.69) is 10.6 Å². The van der Waals surface area contributed by atoms with Crippen molar-refractivity contribution in [2.24, 2.45) is 7.05 Å². The Labute approximate surface area is 185 Å². The number of hydrogen-bond acceptors (Lipinski definition) is 4. The molecule has 0 aliphatic carbocycles. The highest BCUT2D eigenvalue weighted by Crippen LogP contribution is 2.29. The molecule has 0 aliphatic heterocycles. The minimum Gasteiger partial charge on any atom is -0.340 e. The molecule has 3 aromatic rings. The molecule has 0 bridgehead atoms. The minimum atomic E-state index is -4.03. The fourth-order valence-corrected chi connectivity index (χ4v) is 4.22. The van der Waals surface area contributed by atoms with E-state index in [4.69, 9.17) is 11.6 Å². The molecule has 8 nitrogen and oxygen atoms in total. The molecule has 164 valence electrons. The van der Waals surface area contributed by atoms with Crippen LogP contribution in [0.5, 0.6) is 0 Å². The zero-order valence-electron chi connectivity index (χ0n) is 17.5. The highest BCUT2D eigenvalue weighted by molar-refractivity contribution is 7.90. The molecular weight excluding hydrogens is 440 g/mol. The van der Waals surface area contributed by atoms with Crippen LogP contribution < -0.4 is 15.4 Å². The average Bonchev–Trinajstić information content (AvgIpc) is 3.01. The summed E-state index contributed by atoms with van der Waals surface area (Å²) in [6, 6.07) is 10.0. The molecule has 1 heterocycles. The first kappa shape index (κ1) is 22.6. The van der Waals surface area contributed by atoms with Crippen molar-refractivity contribution in [1.82, 2.24) is 14.6 Å². The third-order valence-corrected chi connectivity index (χ3v) is 6.50. The second-order valence-corrected chi connectivity index (χ2v) is 9.49. The lowest BCUT2D eigenvalue weighted by atomic mass is 10.2. The molecule has 0 radical (unpaired) electrons. The third kappa shape index (κ3) is 4.83. The lowest BCUT2D eigenvalue weighted by molar-refractivity contribution is 0.101. The van der Waals surface area contributed by atoms with Gasteiger partial charge in [0.25, 0.3) is 15.9 Å². The van der Waals surface area contributed by atoms with Gasteiger partial charge in [-0.3, -0.25) is 4.79 Å². The summed E-state index contributed by atoms with van der Waals surface area (Å²) >= 11 is 6.36. The largest absolute Gasteiger partial charge is 0.340 e. The summed E-state index contributed by atoms with van der Waals surface area (Å²) in [6.07, 6.45) is 0. The Hall–Kier alpha value is -3.04. The summed E-state index contributed by atoms with van der Waals surface area (Å²) in [5.74, 6) is -0.363. The maximum Gasteiger partial charge on any atom is 0.328 e. The van der Waals surface area contributed by atoms with E-state index in [1.165, 1.54) is 24.3 Å². The van der Waals surface area contributed by atoms with E-state index in [-0.39, 0.29) is 16.8 Å². The van der Waals surface area contributed by atoms with Gasteiger partial charge in [0.1, 0.15) is 5.69 Å². The standard InChI is InChI=1S/C21H23ClN4O4S/c1-12(2)23-21(28)25-31(29,30)15-8-6-14(7-9-15)24-20(27)18-11-16-17(26(18)4)10-5-13(3)19(16)22/h5-12H,1-4H3,(H,24,27)(H2,23,25,28). The SMILES string of the molecule is Cc1ccc2c(cc(C(=O)Nc3ccc(S(=O)(=O)NC(=O)NC(C)C)cc3)n2C)c1Cl. The van der Waals surface area contributed by atoms with Crippen LogP contribution in [0.2, 0.25) is 5.02 Å². The predicted octanol–water partition coefficient (Wildman–Crippen LogP) is 3.79. The van der Waals surface area contributed by atoms with Gasteiger partial charge in [-0.1, -0.05) is 17.7 Å². The van der Waals surface area contributed by atoms with Gasteiger partial charge >= 0.3 is 6.03 Å². The summed E-state index contributed by atoms with van der Waals surface area (Å²) in [6.45, 7) is 5.33. The van der Waals surface area contributed by atoms with E-state index >= 15 is 0 Å². The summed E-state index contributed by atoms with van der Waals surface area (Å²) < 4.78 is 28.3. The lowest BCUT2D eigenvalue weighted by Crippen LogP contribution is -2.42.